The molecule has 2 aliphatic carbocycles. The molecule has 1 unspecified atom stereocenters. The first-order chi connectivity index (χ1) is 17.5. The highest BCUT2D eigenvalue weighted by atomic mass is 32.1. The lowest BCUT2D eigenvalue weighted by Gasteiger charge is -2.21. The fourth-order valence-corrected chi connectivity index (χ4v) is 5.86. The maximum atomic E-state index is 13.2. The Bertz CT molecular complexity index is 1260. The SMILES string of the molecule is CCC1CCc2c(sc(N=Cc3ccc(OC)c(OCc4ccc(F)cc4)c3)c2C(=O)NC2CC2)C1. The minimum atomic E-state index is -0.278. The van der Waals surface area contributed by atoms with Crippen molar-refractivity contribution in [3.05, 3.63) is 75.4 Å². The average molecular weight is 507 g/mol. The Labute approximate surface area is 215 Å². The van der Waals surface area contributed by atoms with E-state index in [0.717, 1.165) is 60.2 Å². The third-order valence-electron chi connectivity index (χ3n) is 6.89. The van der Waals surface area contributed by atoms with Gasteiger partial charge in [0.05, 0.1) is 12.7 Å². The molecule has 1 saturated carbocycles. The zero-order chi connectivity index (χ0) is 25.1. The fourth-order valence-electron chi connectivity index (χ4n) is 4.56. The molecule has 1 amide bonds. The molecule has 7 heteroatoms. The number of amides is 1. The van der Waals surface area contributed by atoms with Gasteiger partial charge in [0.1, 0.15) is 17.4 Å². The van der Waals surface area contributed by atoms with Crippen molar-refractivity contribution in [3.8, 4) is 11.5 Å². The van der Waals surface area contributed by atoms with Crippen molar-refractivity contribution in [2.75, 3.05) is 7.11 Å². The summed E-state index contributed by atoms with van der Waals surface area (Å²) in [6, 6.07) is 12.2. The van der Waals surface area contributed by atoms with E-state index in [2.05, 4.69) is 12.2 Å². The first-order valence-electron chi connectivity index (χ1n) is 12.6. The number of carbonyl (C=O) groups is 1. The number of aliphatic imine (C=N–C) groups is 1. The van der Waals surface area contributed by atoms with Gasteiger partial charge in [-0.1, -0.05) is 25.5 Å². The van der Waals surface area contributed by atoms with Crippen molar-refractivity contribution in [1.29, 1.82) is 0 Å². The molecule has 188 valence electrons. The quantitative estimate of drug-likeness (QED) is 0.331. The van der Waals surface area contributed by atoms with Crippen LogP contribution < -0.4 is 14.8 Å². The number of fused-ring (bicyclic) bond motifs is 1. The smallest absolute Gasteiger partial charge is 0.254 e. The third kappa shape index (κ3) is 5.62. The highest BCUT2D eigenvalue weighted by Gasteiger charge is 2.31. The molecule has 0 saturated heterocycles. The standard InChI is InChI=1S/C29H31FN2O3S/c1-3-18-6-12-23-26(15-18)36-29(27(23)28(33)32-22-10-11-22)31-16-20-7-13-24(34-2)25(14-20)35-17-19-4-8-21(30)9-5-19/h4-5,7-9,13-14,16,18,22H,3,6,10-12,15,17H2,1-2H3,(H,32,33). The zero-order valence-electron chi connectivity index (χ0n) is 20.7. The van der Waals surface area contributed by atoms with Gasteiger partial charge in [-0.05, 0) is 85.0 Å². The van der Waals surface area contributed by atoms with Gasteiger partial charge in [-0.25, -0.2) is 9.38 Å². The number of carbonyl (C=O) groups excluding carboxylic acids is 1. The predicted molar refractivity (Wildman–Crippen MR) is 142 cm³/mol. The van der Waals surface area contributed by atoms with E-state index in [-0.39, 0.29) is 11.7 Å². The summed E-state index contributed by atoms with van der Waals surface area (Å²) < 4.78 is 24.6. The number of methoxy groups -OCH3 is 1. The average Bonchev–Trinajstić information content (AvgIpc) is 3.63. The van der Waals surface area contributed by atoms with E-state index >= 15 is 0 Å². The van der Waals surface area contributed by atoms with Crippen LogP contribution in [-0.2, 0) is 19.4 Å². The van der Waals surface area contributed by atoms with E-state index in [0.29, 0.717) is 30.1 Å². The van der Waals surface area contributed by atoms with Crippen LogP contribution in [0.2, 0.25) is 0 Å². The Morgan fingerprint density at radius 3 is 2.69 bits per heavy atom. The molecule has 0 aliphatic heterocycles. The van der Waals surface area contributed by atoms with Crippen molar-refractivity contribution >= 4 is 28.5 Å². The van der Waals surface area contributed by atoms with Crippen LogP contribution in [0.1, 0.15) is 64.5 Å². The lowest BCUT2D eigenvalue weighted by molar-refractivity contribution is 0.0951. The van der Waals surface area contributed by atoms with Crippen molar-refractivity contribution < 1.29 is 18.7 Å². The third-order valence-corrected chi connectivity index (χ3v) is 8.05. The Hall–Kier alpha value is -3.19. The molecule has 5 rings (SSSR count). The van der Waals surface area contributed by atoms with E-state index in [9.17, 15) is 9.18 Å². The van der Waals surface area contributed by atoms with Gasteiger partial charge < -0.3 is 14.8 Å². The maximum Gasteiger partial charge on any atom is 0.254 e. The van der Waals surface area contributed by atoms with E-state index in [1.165, 1.54) is 22.6 Å². The molecule has 2 aromatic carbocycles. The summed E-state index contributed by atoms with van der Waals surface area (Å²) in [5.74, 6) is 1.59. The number of hydrogen-bond acceptors (Lipinski definition) is 5. The van der Waals surface area contributed by atoms with E-state index < -0.39 is 0 Å². The molecule has 1 fully saturated rings. The Morgan fingerprint density at radius 1 is 1.17 bits per heavy atom. The molecule has 0 spiro atoms. The zero-order valence-corrected chi connectivity index (χ0v) is 21.5. The molecular weight excluding hydrogens is 475 g/mol. The first-order valence-corrected chi connectivity index (χ1v) is 13.4. The number of nitrogens with one attached hydrogen (secondary N) is 1. The highest BCUT2D eigenvalue weighted by molar-refractivity contribution is 7.16. The van der Waals surface area contributed by atoms with Crippen LogP contribution in [0.25, 0.3) is 0 Å². The molecule has 0 radical (unpaired) electrons. The van der Waals surface area contributed by atoms with Gasteiger partial charge in [-0.3, -0.25) is 4.79 Å². The summed E-state index contributed by atoms with van der Waals surface area (Å²) in [4.78, 5) is 19.3. The summed E-state index contributed by atoms with van der Waals surface area (Å²) in [5, 5.41) is 3.94. The van der Waals surface area contributed by atoms with Gasteiger partial charge in [0.2, 0.25) is 0 Å². The van der Waals surface area contributed by atoms with Crippen LogP contribution in [0.15, 0.2) is 47.5 Å². The number of rotatable bonds is 9. The highest BCUT2D eigenvalue weighted by Crippen LogP contribution is 2.42. The predicted octanol–water partition coefficient (Wildman–Crippen LogP) is 6.63. The molecule has 1 N–H and O–H groups in total. The van der Waals surface area contributed by atoms with Crippen molar-refractivity contribution in [2.45, 2.75) is 58.1 Å². The second-order valence-electron chi connectivity index (χ2n) is 9.53. The molecule has 2 aliphatic rings. The molecule has 0 bridgehead atoms. The minimum absolute atomic E-state index is 0.00940. The van der Waals surface area contributed by atoms with Gasteiger partial charge in [0.25, 0.3) is 5.91 Å². The summed E-state index contributed by atoms with van der Waals surface area (Å²) in [6.45, 7) is 2.53. The van der Waals surface area contributed by atoms with Crippen LogP contribution >= 0.6 is 11.3 Å². The van der Waals surface area contributed by atoms with E-state index in [4.69, 9.17) is 14.5 Å². The van der Waals surface area contributed by atoms with Crippen LogP contribution in [0.4, 0.5) is 9.39 Å². The molecule has 3 aromatic rings. The number of thiophene rings is 1. The first kappa shape index (κ1) is 24.5. The summed E-state index contributed by atoms with van der Waals surface area (Å²) >= 11 is 1.65. The van der Waals surface area contributed by atoms with Crippen LogP contribution in [0, 0.1) is 11.7 Å². The van der Waals surface area contributed by atoms with Gasteiger partial charge in [0, 0.05) is 17.1 Å². The molecule has 36 heavy (non-hydrogen) atoms. The summed E-state index contributed by atoms with van der Waals surface area (Å²) in [7, 11) is 1.60. The molecule has 5 nitrogen and oxygen atoms in total. The monoisotopic (exact) mass is 506 g/mol. The number of nitrogens with zero attached hydrogens (tertiary/aromatic N) is 1. The Morgan fingerprint density at radius 2 is 1.97 bits per heavy atom. The molecule has 1 aromatic heterocycles. The summed E-state index contributed by atoms with van der Waals surface area (Å²) in [6.07, 6.45) is 8.15. The van der Waals surface area contributed by atoms with Gasteiger partial charge >= 0.3 is 0 Å². The minimum Gasteiger partial charge on any atom is -0.493 e. The largest absolute Gasteiger partial charge is 0.493 e. The number of benzene rings is 2. The molecule has 1 atom stereocenters. The van der Waals surface area contributed by atoms with Crippen LogP contribution in [0.3, 0.4) is 0 Å². The lowest BCUT2D eigenvalue weighted by Crippen LogP contribution is -2.26. The number of ether oxygens (including phenoxy) is 2. The molecule has 1 heterocycles. The topological polar surface area (TPSA) is 59.9 Å². The maximum absolute atomic E-state index is 13.2. The lowest BCUT2D eigenvalue weighted by atomic mass is 9.85. The second-order valence-corrected chi connectivity index (χ2v) is 10.6. The summed E-state index contributed by atoms with van der Waals surface area (Å²) in [5.41, 5.74) is 3.65. The fraction of sp³-hybridized carbons (Fsp3) is 0.379. The number of halogens is 1. The Balaban J connectivity index is 1.39. The molecular formula is C29H31FN2O3S. The van der Waals surface area contributed by atoms with Gasteiger partial charge in [-0.2, -0.15) is 0 Å². The van der Waals surface area contributed by atoms with Gasteiger partial charge in [-0.15, -0.1) is 11.3 Å². The van der Waals surface area contributed by atoms with E-state index in [1.54, 1.807) is 36.8 Å². The normalized spacial score (nSPS) is 17.1. The van der Waals surface area contributed by atoms with Crippen molar-refractivity contribution in [1.82, 2.24) is 5.32 Å². The van der Waals surface area contributed by atoms with Crippen molar-refractivity contribution in [2.24, 2.45) is 10.9 Å². The Kier molecular flexibility index (Phi) is 7.37. The van der Waals surface area contributed by atoms with Crippen LogP contribution in [-0.4, -0.2) is 25.3 Å². The van der Waals surface area contributed by atoms with Crippen molar-refractivity contribution in [3.63, 3.8) is 0 Å². The van der Waals surface area contributed by atoms with Crippen LogP contribution in [0.5, 0.6) is 11.5 Å². The van der Waals surface area contributed by atoms with Gasteiger partial charge in [0.15, 0.2) is 11.5 Å². The second kappa shape index (κ2) is 10.8. The van der Waals surface area contributed by atoms with E-state index in [1.807, 2.05) is 18.2 Å². The number of hydrogen-bond donors (Lipinski definition) is 1.